The summed E-state index contributed by atoms with van der Waals surface area (Å²) in [6.45, 7) is 9.56. The van der Waals surface area contributed by atoms with Crippen molar-refractivity contribution in [1.82, 2.24) is 9.80 Å². The third kappa shape index (κ3) is 3.47. The van der Waals surface area contributed by atoms with Gasteiger partial charge in [-0.3, -0.25) is 4.79 Å². The average molecular weight is 240 g/mol. The van der Waals surface area contributed by atoms with Crippen LogP contribution in [0.1, 0.15) is 20.3 Å². The molecule has 0 saturated carbocycles. The molecule has 1 unspecified atom stereocenters. The maximum Gasteiger partial charge on any atom is 0.320 e. The lowest BCUT2D eigenvalue weighted by Gasteiger charge is -2.27. The molecule has 0 aromatic heterocycles. The summed E-state index contributed by atoms with van der Waals surface area (Å²) in [4.78, 5) is 26.2. The van der Waals surface area contributed by atoms with Gasteiger partial charge in [-0.05, 0) is 20.3 Å². The van der Waals surface area contributed by atoms with E-state index in [1.165, 1.54) is 0 Å². The Hall–Kier alpha value is -1.52. The zero-order chi connectivity index (χ0) is 13.0. The SMILES string of the molecule is C=C(C)CN(CC)C(=O)N1CCC(C(=O)O)C1. The highest BCUT2D eigenvalue weighted by Gasteiger charge is 2.32. The van der Waals surface area contributed by atoms with Crippen molar-refractivity contribution in [2.24, 2.45) is 5.92 Å². The number of urea groups is 1. The Morgan fingerprint density at radius 1 is 1.53 bits per heavy atom. The number of carbonyl (C=O) groups excluding carboxylic acids is 1. The first-order chi connectivity index (χ1) is 7.95. The van der Waals surface area contributed by atoms with Gasteiger partial charge in [0.25, 0.3) is 0 Å². The Balaban J connectivity index is 2.58. The van der Waals surface area contributed by atoms with Crippen LogP contribution in [-0.4, -0.2) is 53.1 Å². The van der Waals surface area contributed by atoms with Crippen LogP contribution in [0.15, 0.2) is 12.2 Å². The summed E-state index contributed by atoms with van der Waals surface area (Å²) in [5.41, 5.74) is 0.925. The van der Waals surface area contributed by atoms with Crippen LogP contribution in [0.5, 0.6) is 0 Å². The second-order valence-electron chi connectivity index (χ2n) is 4.52. The van der Waals surface area contributed by atoms with Crippen LogP contribution in [0.25, 0.3) is 0 Å². The number of carboxylic acid groups (broad SMARTS) is 1. The fraction of sp³-hybridized carbons (Fsp3) is 0.667. The average Bonchev–Trinajstić information content (AvgIpc) is 2.73. The molecule has 0 aliphatic carbocycles. The van der Waals surface area contributed by atoms with Gasteiger partial charge in [0.15, 0.2) is 0 Å². The molecule has 1 aliphatic rings. The van der Waals surface area contributed by atoms with E-state index >= 15 is 0 Å². The summed E-state index contributed by atoms with van der Waals surface area (Å²) >= 11 is 0. The molecule has 1 N–H and O–H groups in total. The monoisotopic (exact) mass is 240 g/mol. The molecule has 0 bridgehead atoms. The molecule has 1 heterocycles. The number of hydrogen-bond donors (Lipinski definition) is 1. The van der Waals surface area contributed by atoms with E-state index in [0.29, 0.717) is 32.6 Å². The lowest BCUT2D eigenvalue weighted by Crippen LogP contribution is -2.43. The predicted molar refractivity (Wildman–Crippen MR) is 64.8 cm³/mol. The van der Waals surface area contributed by atoms with Gasteiger partial charge in [0.2, 0.25) is 0 Å². The van der Waals surface area contributed by atoms with Crippen molar-refractivity contribution in [3.63, 3.8) is 0 Å². The van der Waals surface area contributed by atoms with Crippen LogP contribution in [0.4, 0.5) is 4.79 Å². The quantitative estimate of drug-likeness (QED) is 0.756. The minimum absolute atomic E-state index is 0.0840. The fourth-order valence-electron chi connectivity index (χ4n) is 1.98. The number of hydrogen-bond acceptors (Lipinski definition) is 2. The number of likely N-dealkylation sites (N-methyl/N-ethyl adjacent to an activating group) is 1. The van der Waals surface area contributed by atoms with Crippen molar-refractivity contribution in [3.05, 3.63) is 12.2 Å². The van der Waals surface area contributed by atoms with Crippen molar-refractivity contribution >= 4 is 12.0 Å². The molecule has 1 atom stereocenters. The minimum Gasteiger partial charge on any atom is -0.481 e. The molecule has 0 radical (unpaired) electrons. The standard InChI is InChI=1S/C12H20N2O3/c1-4-13(7-9(2)3)12(17)14-6-5-10(8-14)11(15)16/h10H,2,4-8H2,1,3H3,(H,15,16). The summed E-state index contributed by atoms with van der Waals surface area (Å²) in [5, 5.41) is 8.89. The van der Waals surface area contributed by atoms with Gasteiger partial charge < -0.3 is 14.9 Å². The van der Waals surface area contributed by atoms with E-state index in [4.69, 9.17) is 5.11 Å². The number of carboxylic acids is 1. The van der Waals surface area contributed by atoms with Gasteiger partial charge in [0, 0.05) is 26.2 Å². The fourth-order valence-corrected chi connectivity index (χ4v) is 1.98. The Labute approximate surface area is 102 Å². The Bertz CT molecular complexity index is 328. The van der Waals surface area contributed by atoms with Crippen molar-refractivity contribution in [1.29, 1.82) is 0 Å². The molecule has 1 saturated heterocycles. The molecule has 96 valence electrons. The summed E-state index contributed by atoms with van der Waals surface area (Å²) in [6.07, 6.45) is 0.547. The smallest absolute Gasteiger partial charge is 0.320 e. The Morgan fingerprint density at radius 3 is 2.59 bits per heavy atom. The van der Waals surface area contributed by atoms with E-state index in [-0.39, 0.29) is 6.03 Å². The number of rotatable bonds is 4. The van der Waals surface area contributed by atoms with Crippen molar-refractivity contribution in [2.45, 2.75) is 20.3 Å². The van der Waals surface area contributed by atoms with Gasteiger partial charge in [-0.2, -0.15) is 0 Å². The van der Waals surface area contributed by atoms with Crippen LogP contribution in [0.3, 0.4) is 0 Å². The predicted octanol–water partition coefficient (Wildman–Crippen LogP) is 1.41. The van der Waals surface area contributed by atoms with Crippen molar-refractivity contribution < 1.29 is 14.7 Å². The lowest BCUT2D eigenvalue weighted by atomic mass is 10.1. The van der Waals surface area contributed by atoms with Gasteiger partial charge in [-0.25, -0.2) is 4.79 Å². The maximum atomic E-state index is 12.1. The zero-order valence-electron chi connectivity index (χ0n) is 10.5. The van der Waals surface area contributed by atoms with Crippen molar-refractivity contribution in [2.75, 3.05) is 26.2 Å². The zero-order valence-corrected chi connectivity index (χ0v) is 10.5. The number of likely N-dealkylation sites (tertiary alicyclic amines) is 1. The van der Waals surface area contributed by atoms with Gasteiger partial charge in [-0.15, -0.1) is 0 Å². The molecule has 1 fully saturated rings. The van der Waals surface area contributed by atoms with E-state index in [9.17, 15) is 9.59 Å². The minimum atomic E-state index is -0.816. The van der Waals surface area contributed by atoms with Crippen molar-refractivity contribution in [3.8, 4) is 0 Å². The normalized spacial score (nSPS) is 19.2. The highest BCUT2D eigenvalue weighted by atomic mass is 16.4. The summed E-state index contributed by atoms with van der Waals surface area (Å²) in [7, 11) is 0. The topological polar surface area (TPSA) is 60.9 Å². The van der Waals surface area contributed by atoms with E-state index in [1.807, 2.05) is 13.8 Å². The molecule has 5 heteroatoms. The number of carbonyl (C=O) groups is 2. The molecule has 0 aromatic rings. The second kappa shape index (κ2) is 5.70. The summed E-state index contributed by atoms with van der Waals surface area (Å²) < 4.78 is 0. The third-order valence-corrected chi connectivity index (χ3v) is 2.92. The second-order valence-corrected chi connectivity index (χ2v) is 4.52. The van der Waals surface area contributed by atoms with E-state index < -0.39 is 11.9 Å². The molecule has 0 aromatic carbocycles. The number of aliphatic carboxylic acids is 1. The third-order valence-electron chi connectivity index (χ3n) is 2.92. The molecule has 1 rings (SSSR count). The first-order valence-corrected chi connectivity index (χ1v) is 5.86. The van der Waals surface area contributed by atoms with Crippen LogP contribution < -0.4 is 0 Å². The van der Waals surface area contributed by atoms with E-state index in [2.05, 4.69) is 6.58 Å². The first-order valence-electron chi connectivity index (χ1n) is 5.86. The summed E-state index contributed by atoms with van der Waals surface area (Å²) in [5.74, 6) is -1.23. The molecule has 2 amide bonds. The van der Waals surface area contributed by atoms with Gasteiger partial charge >= 0.3 is 12.0 Å². The molecule has 1 aliphatic heterocycles. The maximum absolute atomic E-state index is 12.1. The molecular formula is C12H20N2O3. The Kier molecular flexibility index (Phi) is 4.54. The number of nitrogens with zero attached hydrogens (tertiary/aromatic N) is 2. The largest absolute Gasteiger partial charge is 0.481 e. The van der Waals surface area contributed by atoms with Crippen LogP contribution in [0.2, 0.25) is 0 Å². The highest BCUT2D eigenvalue weighted by Crippen LogP contribution is 2.18. The Morgan fingerprint density at radius 2 is 2.18 bits per heavy atom. The highest BCUT2D eigenvalue weighted by molar-refractivity contribution is 5.77. The van der Waals surface area contributed by atoms with E-state index in [0.717, 1.165) is 5.57 Å². The van der Waals surface area contributed by atoms with E-state index in [1.54, 1.807) is 9.80 Å². The van der Waals surface area contributed by atoms with Gasteiger partial charge in [-0.1, -0.05) is 12.2 Å². The number of amides is 2. The van der Waals surface area contributed by atoms with Gasteiger partial charge in [0.05, 0.1) is 5.92 Å². The van der Waals surface area contributed by atoms with Crippen LogP contribution in [-0.2, 0) is 4.79 Å². The van der Waals surface area contributed by atoms with Gasteiger partial charge in [0.1, 0.15) is 0 Å². The molecular weight excluding hydrogens is 220 g/mol. The first kappa shape index (κ1) is 13.5. The van der Waals surface area contributed by atoms with Crippen LogP contribution >= 0.6 is 0 Å². The molecule has 17 heavy (non-hydrogen) atoms. The lowest BCUT2D eigenvalue weighted by molar-refractivity contribution is -0.141. The summed E-state index contributed by atoms with van der Waals surface area (Å²) in [6, 6.07) is -0.0840. The van der Waals surface area contributed by atoms with Crippen LogP contribution in [0, 0.1) is 5.92 Å². The molecule has 5 nitrogen and oxygen atoms in total. The molecule has 0 spiro atoms.